The lowest BCUT2D eigenvalue weighted by atomic mass is 10.0. The van der Waals surface area contributed by atoms with Crippen molar-refractivity contribution in [2.45, 2.75) is 6.92 Å². The predicted molar refractivity (Wildman–Crippen MR) is 90.0 cm³/mol. The van der Waals surface area contributed by atoms with Gasteiger partial charge in [0.05, 0.1) is 0 Å². The Morgan fingerprint density at radius 3 is 2.29 bits per heavy atom. The van der Waals surface area contributed by atoms with Gasteiger partial charge in [-0.2, -0.15) is 0 Å². The molecule has 0 spiro atoms. The Morgan fingerprint density at radius 1 is 1.06 bits per heavy atom. The van der Waals surface area contributed by atoms with Crippen LogP contribution in [0.2, 0.25) is 0 Å². The summed E-state index contributed by atoms with van der Waals surface area (Å²) >= 11 is 2.29. The number of carbonyl (C=O) groups excluding carboxylic acids is 1. The molecule has 0 bridgehead atoms. The van der Waals surface area contributed by atoms with Gasteiger partial charge < -0.3 is 0 Å². The van der Waals surface area contributed by atoms with Gasteiger partial charge in [-0.1, -0.05) is 36.4 Å². The van der Waals surface area contributed by atoms with E-state index in [1.807, 2.05) is 36.4 Å². The Kier molecular flexibility index (Phi) is 5.58. The zero-order valence-corrected chi connectivity index (χ0v) is 13.8. The first-order chi connectivity index (χ1) is 7.68. The van der Waals surface area contributed by atoms with Crippen LogP contribution in [0.15, 0.2) is 48.5 Å². The van der Waals surface area contributed by atoms with Crippen molar-refractivity contribution in [1.29, 1.82) is 0 Å². The molecule has 2 aromatic rings. The van der Waals surface area contributed by atoms with Gasteiger partial charge in [-0.15, -0.1) is 24.0 Å². The lowest BCUT2D eigenvalue weighted by molar-refractivity contribution is 0.101. The second-order valence-corrected chi connectivity index (χ2v) is 4.78. The summed E-state index contributed by atoms with van der Waals surface area (Å²) in [6.45, 7) is 1.59. The van der Waals surface area contributed by atoms with Gasteiger partial charge in [0, 0.05) is 9.13 Å². The first kappa shape index (κ1) is 14.6. The molecular formula is C14H12I2O. The Balaban J connectivity index is 0.00000144. The molecule has 3 heteroatoms. The molecular weight excluding hydrogens is 438 g/mol. The average molecular weight is 450 g/mol. The molecule has 88 valence electrons. The molecule has 0 atom stereocenters. The summed E-state index contributed by atoms with van der Waals surface area (Å²) in [5.74, 6) is 0.105. The maximum Gasteiger partial charge on any atom is 0.159 e. The molecule has 0 amide bonds. The van der Waals surface area contributed by atoms with Crippen molar-refractivity contribution in [2.75, 3.05) is 0 Å². The van der Waals surface area contributed by atoms with Gasteiger partial charge in [-0.05, 0) is 52.8 Å². The number of benzene rings is 2. The Labute approximate surface area is 132 Å². The van der Waals surface area contributed by atoms with Crippen molar-refractivity contribution in [2.24, 2.45) is 0 Å². The minimum absolute atomic E-state index is 0. The zero-order chi connectivity index (χ0) is 11.5. The maximum atomic E-state index is 11.3. The first-order valence-electron chi connectivity index (χ1n) is 5.04. The molecule has 0 radical (unpaired) electrons. The van der Waals surface area contributed by atoms with E-state index in [1.54, 1.807) is 6.92 Å². The Morgan fingerprint density at radius 2 is 1.71 bits per heavy atom. The summed E-state index contributed by atoms with van der Waals surface area (Å²) in [5, 5.41) is 0. The van der Waals surface area contributed by atoms with E-state index in [-0.39, 0.29) is 29.8 Å². The van der Waals surface area contributed by atoms with Crippen LogP contribution in [0.3, 0.4) is 0 Å². The number of ketones is 1. The van der Waals surface area contributed by atoms with E-state index in [1.165, 1.54) is 0 Å². The van der Waals surface area contributed by atoms with E-state index in [0.29, 0.717) is 0 Å². The van der Waals surface area contributed by atoms with E-state index in [2.05, 4.69) is 34.7 Å². The number of rotatable bonds is 2. The highest BCUT2D eigenvalue weighted by Gasteiger charge is 2.06. The molecule has 0 saturated carbocycles. The van der Waals surface area contributed by atoms with E-state index < -0.39 is 0 Å². The van der Waals surface area contributed by atoms with Crippen LogP contribution in [0.1, 0.15) is 17.3 Å². The summed E-state index contributed by atoms with van der Waals surface area (Å²) < 4.78 is 1.16. The van der Waals surface area contributed by atoms with E-state index in [4.69, 9.17) is 0 Å². The van der Waals surface area contributed by atoms with Crippen molar-refractivity contribution in [3.8, 4) is 11.1 Å². The fourth-order valence-corrected chi connectivity index (χ4v) is 2.23. The smallest absolute Gasteiger partial charge is 0.159 e. The molecule has 0 N–H and O–H groups in total. The Hall–Kier alpha value is -0.430. The van der Waals surface area contributed by atoms with Crippen molar-refractivity contribution in [3.05, 3.63) is 57.7 Å². The number of hydrogen-bond donors (Lipinski definition) is 0. The quantitative estimate of drug-likeness (QED) is 0.476. The van der Waals surface area contributed by atoms with Crippen molar-refractivity contribution in [1.82, 2.24) is 0 Å². The molecule has 0 aromatic heterocycles. The van der Waals surface area contributed by atoms with Gasteiger partial charge in [0.2, 0.25) is 0 Å². The first-order valence-corrected chi connectivity index (χ1v) is 6.12. The fourth-order valence-electron chi connectivity index (χ4n) is 1.58. The van der Waals surface area contributed by atoms with Crippen molar-refractivity contribution < 1.29 is 4.79 Å². The molecule has 0 saturated heterocycles. The standard InChI is InChI=1S/C14H11IO.HI/c1-10(16)12-7-8-14(15)13(9-12)11-5-3-2-4-6-11;/h2-9H,1H3;1H. The number of carbonyl (C=O) groups is 1. The highest BCUT2D eigenvalue weighted by Crippen LogP contribution is 2.26. The van der Waals surface area contributed by atoms with E-state index in [9.17, 15) is 4.79 Å². The molecule has 17 heavy (non-hydrogen) atoms. The summed E-state index contributed by atoms with van der Waals surface area (Å²) in [7, 11) is 0. The second kappa shape index (κ2) is 6.49. The highest BCUT2D eigenvalue weighted by molar-refractivity contribution is 14.1. The van der Waals surface area contributed by atoms with Crippen LogP contribution in [0.5, 0.6) is 0 Å². The summed E-state index contributed by atoms with van der Waals surface area (Å²) in [6, 6.07) is 15.9. The monoisotopic (exact) mass is 450 g/mol. The van der Waals surface area contributed by atoms with Gasteiger partial charge in [0.25, 0.3) is 0 Å². The lowest BCUT2D eigenvalue weighted by Crippen LogP contribution is -1.93. The SMILES string of the molecule is CC(=O)c1ccc(I)c(-c2ccccc2)c1.I. The predicted octanol–water partition coefficient (Wildman–Crippen LogP) is 4.78. The van der Waals surface area contributed by atoms with Crippen LogP contribution in [-0.4, -0.2) is 5.78 Å². The number of Topliss-reactive ketones (excluding diaryl/α,β-unsaturated/α-hetero) is 1. The molecule has 0 unspecified atom stereocenters. The molecule has 1 nitrogen and oxygen atoms in total. The molecule has 0 heterocycles. The molecule has 0 fully saturated rings. The van der Waals surface area contributed by atoms with Crippen molar-refractivity contribution in [3.63, 3.8) is 0 Å². The third kappa shape index (κ3) is 3.51. The highest BCUT2D eigenvalue weighted by atomic mass is 127. The van der Waals surface area contributed by atoms with E-state index in [0.717, 1.165) is 20.3 Å². The van der Waals surface area contributed by atoms with Gasteiger partial charge in [-0.25, -0.2) is 0 Å². The molecule has 0 aliphatic rings. The minimum atomic E-state index is 0. The van der Waals surface area contributed by atoms with Gasteiger partial charge in [-0.3, -0.25) is 4.79 Å². The average Bonchev–Trinajstić information content (AvgIpc) is 2.30. The minimum Gasteiger partial charge on any atom is -0.295 e. The lowest BCUT2D eigenvalue weighted by Gasteiger charge is -2.06. The molecule has 0 aliphatic heterocycles. The van der Waals surface area contributed by atoms with Crippen LogP contribution in [0, 0.1) is 3.57 Å². The van der Waals surface area contributed by atoms with Crippen LogP contribution < -0.4 is 0 Å². The van der Waals surface area contributed by atoms with Crippen molar-refractivity contribution >= 4 is 52.4 Å². The summed E-state index contributed by atoms with van der Waals surface area (Å²) in [4.78, 5) is 11.3. The molecule has 2 aromatic carbocycles. The van der Waals surface area contributed by atoms with Crippen LogP contribution >= 0.6 is 46.6 Å². The summed E-state index contributed by atoms with van der Waals surface area (Å²) in [5.41, 5.74) is 3.03. The van der Waals surface area contributed by atoms with Gasteiger partial charge in [0.15, 0.2) is 5.78 Å². The summed E-state index contributed by atoms with van der Waals surface area (Å²) in [6.07, 6.45) is 0. The number of hydrogen-bond acceptors (Lipinski definition) is 1. The third-order valence-corrected chi connectivity index (χ3v) is 3.40. The zero-order valence-electron chi connectivity index (χ0n) is 9.31. The van der Waals surface area contributed by atoms with Crippen LogP contribution in [-0.2, 0) is 0 Å². The molecule has 0 aliphatic carbocycles. The molecule has 2 rings (SSSR count). The maximum absolute atomic E-state index is 11.3. The third-order valence-electron chi connectivity index (χ3n) is 2.46. The fraction of sp³-hybridized carbons (Fsp3) is 0.0714. The van der Waals surface area contributed by atoms with Crippen LogP contribution in [0.25, 0.3) is 11.1 Å². The second-order valence-electron chi connectivity index (χ2n) is 3.62. The topological polar surface area (TPSA) is 17.1 Å². The van der Waals surface area contributed by atoms with E-state index >= 15 is 0 Å². The van der Waals surface area contributed by atoms with Gasteiger partial charge in [0.1, 0.15) is 0 Å². The largest absolute Gasteiger partial charge is 0.295 e. The van der Waals surface area contributed by atoms with Crippen LogP contribution in [0.4, 0.5) is 0 Å². The van der Waals surface area contributed by atoms with Gasteiger partial charge >= 0.3 is 0 Å². The Bertz CT molecular complexity index is 521. The number of halogens is 2. The normalized spacial score (nSPS) is 9.53.